The lowest BCUT2D eigenvalue weighted by Crippen LogP contribution is -2.58. The summed E-state index contributed by atoms with van der Waals surface area (Å²) in [6.45, 7) is 5.75. The van der Waals surface area contributed by atoms with Gasteiger partial charge in [-0.05, 0) is 57.7 Å². The van der Waals surface area contributed by atoms with Crippen molar-refractivity contribution in [1.29, 1.82) is 0 Å². The molecule has 0 aromatic carbocycles. The molecule has 0 radical (unpaired) electrons. The van der Waals surface area contributed by atoms with Crippen LogP contribution in [0.1, 0.15) is 39.5 Å². The fourth-order valence-corrected chi connectivity index (χ4v) is 4.05. The Hall–Kier alpha value is -0.650. The van der Waals surface area contributed by atoms with Crippen LogP contribution in [0.4, 0.5) is 4.39 Å². The maximum absolute atomic E-state index is 13.8. The van der Waals surface area contributed by atoms with Crippen LogP contribution < -0.4 is 10.6 Å². The number of nitrogens with one attached hydrogen (secondary N) is 2. The average molecular weight is 301 g/mol. The number of hydrogen-bond acceptors (Lipinski definition) is 4. The predicted molar refractivity (Wildman–Crippen MR) is 79.4 cm³/mol. The van der Waals surface area contributed by atoms with Crippen molar-refractivity contribution in [2.24, 2.45) is 4.99 Å². The van der Waals surface area contributed by atoms with Gasteiger partial charge in [0.25, 0.3) is 0 Å². The molecule has 0 aromatic heterocycles. The van der Waals surface area contributed by atoms with E-state index in [9.17, 15) is 4.39 Å². The Kier molecular flexibility index (Phi) is 3.77. The molecule has 3 atom stereocenters. The molecule has 3 unspecified atom stereocenters. The summed E-state index contributed by atoms with van der Waals surface area (Å²) in [4.78, 5) is 6.70. The van der Waals surface area contributed by atoms with Crippen LogP contribution in [-0.4, -0.2) is 40.5 Å². The van der Waals surface area contributed by atoms with Gasteiger partial charge in [-0.15, -0.1) is 0 Å². The standard InChI is InChI=1S/C14H22ClFN4/c1-14(2)7-9(6-10-4-3-5-20(10)14)18-12-11(16)8-17-13(15)19-12/h8-10,12,18H,3-7H2,1-2H3,(H,17,19). The molecule has 4 nitrogen and oxygen atoms in total. The molecular weight excluding hydrogens is 279 g/mol. The Labute approximate surface area is 124 Å². The van der Waals surface area contributed by atoms with Crippen molar-refractivity contribution in [3.8, 4) is 0 Å². The zero-order chi connectivity index (χ0) is 14.3. The maximum Gasteiger partial charge on any atom is 0.197 e. The van der Waals surface area contributed by atoms with Gasteiger partial charge in [-0.25, -0.2) is 9.38 Å². The van der Waals surface area contributed by atoms with Crippen LogP contribution in [-0.2, 0) is 0 Å². The van der Waals surface area contributed by atoms with Crippen LogP contribution >= 0.6 is 11.6 Å². The lowest BCUT2D eigenvalue weighted by atomic mass is 9.83. The third-order valence-corrected chi connectivity index (χ3v) is 4.89. The average Bonchev–Trinajstić information content (AvgIpc) is 2.82. The van der Waals surface area contributed by atoms with Crippen LogP contribution in [0.15, 0.2) is 17.0 Å². The number of piperidine rings is 1. The summed E-state index contributed by atoms with van der Waals surface area (Å²) in [6, 6.07) is 0.893. The minimum absolute atomic E-state index is 0.164. The second-order valence-corrected chi connectivity index (χ2v) is 6.96. The van der Waals surface area contributed by atoms with Gasteiger partial charge in [-0.2, -0.15) is 0 Å². The molecule has 6 heteroatoms. The Morgan fingerprint density at radius 1 is 1.55 bits per heavy atom. The van der Waals surface area contributed by atoms with E-state index < -0.39 is 6.17 Å². The Morgan fingerprint density at radius 3 is 3.15 bits per heavy atom. The van der Waals surface area contributed by atoms with Crippen molar-refractivity contribution < 1.29 is 4.39 Å². The van der Waals surface area contributed by atoms with Gasteiger partial charge in [0.2, 0.25) is 0 Å². The summed E-state index contributed by atoms with van der Waals surface area (Å²) < 4.78 is 13.8. The van der Waals surface area contributed by atoms with E-state index in [1.807, 2.05) is 0 Å². The molecule has 3 heterocycles. The first-order chi connectivity index (χ1) is 9.45. The van der Waals surface area contributed by atoms with Gasteiger partial charge in [0.05, 0.1) is 0 Å². The van der Waals surface area contributed by atoms with Gasteiger partial charge in [0.15, 0.2) is 17.3 Å². The summed E-state index contributed by atoms with van der Waals surface area (Å²) >= 11 is 5.82. The third kappa shape index (κ3) is 2.71. The molecule has 2 saturated heterocycles. The van der Waals surface area contributed by atoms with E-state index in [0.717, 1.165) is 12.8 Å². The quantitative estimate of drug-likeness (QED) is 0.769. The molecule has 3 rings (SSSR count). The molecule has 0 aliphatic carbocycles. The van der Waals surface area contributed by atoms with Crippen LogP contribution in [0.5, 0.6) is 0 Å². The van der Waals surface area contributed by atoms with Crippen LogP contribution in [0.25, 0.3) is 0 Å². The molecule has 0 amide bonds. The molecule has 112 valence electrons. The Morgan fingerprint density at radius 2 is 2.35 bits per heavy atom. The molecule has 0 aromatic rings. The second kappa shape index (κ2) is 5.28. The van der Waals surface area contributed by atoms with Crippen molar-refractivity contribution in [2.75, 3.05) is 6.54 Å². The van der Waals surface area contributed by atoms with Crippen molar-refractivity contribution in [1.82, 2.24) is 15.5 Å². The second-order valence-electron chi connectivity index (χ2n) is 6.60. The summed E-state index contributed by atoms with van der Waals surface area (Å²) in [5.74, 6) is -0.305. The third-order valence-electron chi connectivity index (χ3n) is 4.68. The monoisotopic (exact) mass is 300 g/mol. The molecule has 0 bridgehead atoms. The van der Waals surface area contributed by atoms with Crippen molar-refractivity contribution in [3.63, 3.8) is 0 Å². The first-order valence-electron chi connectivity index (χ1n) is 7.34. The van der Waals surface area contributed by atoms with Crippen LogP contribution in [0.2, 0.25) is 0 Å². The number of aliphatic imine (C=N–C) groups is 1. The minimum Gasteiger partial charge on any atom is -0.334 e. The Balaban J connectivity index is 1.69. The number of rotatable bonds is 2. The first kappa shape index (κ1) is 14.3. The van der Waals surface area contributed by atoms with Gasteiger partial charge >= 0.3 is 0 Å². The number of nitrogens with zero attached hydrogens (tertiary/aromatic N) is 2. The Bertz CT molecular complexity index is 448. The van der Waals surface area contributed by atoms with Crippen LogP contribution in [0, 0.1) is 0 Å². The fraction of sp³-hybridized carbons (Fsp3) is 0.786. The van der Waals surface area contributed by atoms with Crippen molar-refractivity contribution >= 4 is 16.9 Å². The van der Waals surface area contributed by atoms with E-state index in [1.54, 1.807) is 0 Å². The molecule has 3 aliphatic heterocycles. The van der Waals surface area contributed by atoms with E-state index >= 15 is 0 Å². The topological polar surface area (TPSA) is 39.7 Å². The normalized spacial score (nSPS) is 36.9. The largest absolute Gasteiger partial charge is 0.334 e. The van der Waals surface area contributed by atoms with Crippen LogP contribution in [0.3, 0.4) is 0 Å². The molecule has 2 fully saturated rings. The molecule has 20 heavy (non-hydrogen) atoms. The van der Waals surface area contributed by atoms with Crippen molar-refractivity contribution in [3.05, 3.63) is 12.0 Å². The SMILES string of the molecule is CC1(C)CC(NC2N=C(Cl)NC=C2F)CC2CCCN21. The van der Waals surface area contributed by atoms with E-state index in [2.05, 4.69) is 34.4 Å². The highest BCUT2D eigenvalue weighted by atomic mass is 35.5. The summed E-state index contributed by atoms with van der Waals surface area (Å²) in [6.07, 6.45) is 5.23. The summed E-state index contributed by atoms with van der Waals surface area (Å²) in [7, 11) is 0. The minimum atomic E-state index is -0.641. The highest BCUT2D eigenvalue weighted by molar-refractivity contribution is 6.64. The molecule has 0 saturated carbocycles. The van der Waals surface area contributed by atoms with Gasteiger partial charge in [-0.1, -0.05) is 0 Å². The predicted octanol–water partition coefficient (Wildman–Crippen LogP) is 2.32. The highest BCUT2D eigenvalue weighted by Crippen LogP contribution is 2.37. The summed E-state index contributed by atoms with van der Waals surface area (Å²) in [5.41, 5.74) is 0.164. The van der Waals surface area contributed by atoms with E-state index in [4.69, 9.17) is 11.6 Å². The maximum atomic E-state index is 13.8. The fourth-order valence-electron chi connectivity index (χ4n) is 3.90. The van der Waals surface area contributed by atoms with Gasteiger partial charge in [0, 0.05) is 23.8 Å². The van der Waals surface area contributed by atoms with E-state index in [0.29, 0.717) is 6.04 Å². The van der Waals surface area contributed by atoms with E-state index in [1.165, 1.54) is 25.6 Å². The van der Waals surface area contributed by atoms with Gasteiger partial charge in [0.1, 0.15) is 0 Å². The zero-order valence-corrected chi connectivity index (χ0v) is 12.8. The van der Waals surface area contributed by atoms with Crippen molar-refractivity contribution in [2.45, 2.75) is 63.3 Å². The lowest BCUT2D eigenvalue weighted by Gasteiger charge is -2.48. The number of halogens is 2. The highest BCUT2D eigenvalue weighted by Gasteiger charge is 2.43. The lowest BCUT2D eigenvalue weighted by molar-refractivity contribution is 0.0356. The van der Waals surface area contributed by atoms with Gasteiger partial charge in [-0.3, -0.25) is 10.2 Å². The smallest absolute Gasteiger partial charge is 0.197 e. The van der Waals surface area contributed by atoms with E-state index in [-0.39, 0.29) is 22.7 Å². The molecule has 2 N–H and O–H groups in total. The first-order valence-corrected chi connectivity index (χ1v) is 7.72. The number of amidine groups is 1. The number of fused-ring (bicyclic) bond motifs is 1. The molecular formula is C14H22ClFN4. The summed E-state index contributed by atoms with van der Waals surface area (Å²) in [5, 5.41) is 6.14. The molecule has 0 spiro atoms. The number of hydrogen-bond donors (Lipinski definition) is 2. The molecule has 3 aliphatic rings. The van der Waals surface area contributed by atoms with Gasteiger partial charge < -0.3 is 5.32 Å². The zero-order valence-electron chi connectivity index (χ0n) is 12.0.